The maximum atomic E-state index is 5.62. The molecule has 4 N–H and O–H groups in total. The van der Waals surface area contributed by atoms with E-state index in [-0.39, 0.29) is 6.04 Å². The van der Waals surface area contributed by atoms with Crippen LogP contribution in [-0.4, -0.2) is 9.97 Å². The quantitative estimate of drug-likeness (QED) is 0.573. The molecule has 0 spiro atoms. The zero-order chi connectivity index (χ0) is 14.1. The summed E-state index contributed by atoms with van der Waals surface area (Å²) >= 11 is 0. The summed E-state index contributed by atoms with van der Waals surface area (Å²) in [5.74, 6) is 9.98. The van der Waals surface area contributed by atoms with Gasteiger partial charge in [-0.3, -0.25) is 0 Å². The summed E-state index contributed by atoms with van der Waals surface area (Å²) in [4.78, 5) is 8.94. The molecule has 1 saturated carbocycles. The largest absolute Gasteiger partial charge is 0.464 e. The van der Waals surface area contributed by atoms with Gasteiger partial charge in [0, 0.05) is 12.0 Å². The molecule has 0 aromatic carbocycles. The molecule has 0 aliphatic heterocycles. The molecule has 2 aromatic heterocycles. The van der Waals surface area contributed by atoms with E-state index in [0.717, 1.165) is 36.0 Å². The molecule has 6 nitrogen and oxygen atoms in total. The summed E-state index contributed by atoms with van der Waals surface area (Å²) in [5.41, 5.74) is 2.59. The molecule has 1 aliphatic rings. The number of anilines is 2. The van der Waals surface area contributed by atoms with Crippen molar-refractivity contribution in [3.05, 3.63) is 35.5 Å². The number of aryl methyl sites for hydroxylation is 1. The number of furan rings is 1. The Labute approximate surface area is 117 Å². The van der Waals surface area contributed by atoms with Gasteiger partial charge >= 0.3 is 0 Å². The second kappa shape index (κ2) is 5.13. The topological polar surface area (TPSA) is 89.0 Å². The summed E-state index contributed by atoms with van der Waals surface area (Å²) in [6.07, 6.45) is 2.31. The fraction of sp³-hybridized carbons (Fsp3) is 0.429. The Kier molecular flexibility index (Phi) is 3.31. The van der Waals surface area contributed by atoms with E-state index in [0.29, 0.717) is 11.7 Å². The number of nitrogen functional groups attached to an aromatic ring is 1. The lowest BCUT2D eigenvalue weighted by Gasteiger charge is -2.14. The van der Waals surface area contributed by atoms with E-state index in [1.165, 1.54) is 0 Å². The van der Waals surface area contributed by atoms with Gasteiger partial charge in [-0.2, -0.15) is 0 Å². The number of nitrogens with one attached hydrogen (secondary N) is 2. The second-order valence-corrected chi connectivity index (χ2v) is 5.23. The van der Waals surface area contributed by atoms with E-state index >= 15 is 0 Å². The number of rotatable bonds is 5. The van der Waals surface area contributed by atoms with Crippen molar-refractivity contribution in [1.29, 1.82) is 0 Å². The molecule has 20 heavy (non-hydrogen) atoms. The standard InChI is InChI=1S/C14H19N5O/c1-8-3-6-11(20-8)9(2)16-12-7-13(19-15)18-14(17-12)10-4-5-10/h3,6-7,9-10H,4-5,15H2,1-2H3,(H2,16,17,18,19). The molecule has 1 atom stereocenters. The number of hydrogen-bond donors (Lipinski definition) is 3. The molecule has 2 aromatic rings. The van der Waals surface area contributed by atoms with E-state index in [9.17, 15) is 0 Å². The molecule has 1 unspecified atom stereocenters. The SMILES string of the molecule is Cc1ccc(C(C)Nc2cc(NN)nc(C3CC3)n2)o1. The third-order valence-electron chi connectivity index (χ3n) is 3.39. The maximum Gasteiger partial charge on any atom is 0.145 e. The Bertz CT molecular complexity index is 605. The number of aromatic nitrogens is 2. The van der Waals surface area contributed by atoms with Gasteiger partial charge in [-0.1, -0.05) is 0 Å². The molecule has 0 radical (unpaired) electrons. The third kappa shape index (κ3) is 2.75. The smallest absolute Gasteiger partial charge is 0.145 e. The summed E-state index contributed by atoms with van der Waals surface area (Å²) in [5, 5.41) is 3.33. The second-order valence-electron chi connectivity index (χ2n) is 5.23. The number of hydrogen-bond acceptors (Lipinski definition) is 6. The van der Waals surface area contributed by atoms with Crippen LogP contribution in [0.1, 0.15) is 49.1 Å². The van der Waals surface area contributed by atoms with Crippen LogP contribution in [0, 0.1) is 6.92 Å². The van der Waals surface area contributed by atoms with Crippen LogP contribution in [0.25, 0.3) is 0 Å². The first kappa shape index (κ1) is 12.9. The van der Waals surface area contributed by atoms with E-state index in [4.69, 9.17) is 10.3 Å². The van der Waals surface area contributed by atoms with Gasteiger partial charge in [0.05, 0.1) is 6.04 Å². The van der Waals surface area contributed by atoms with Crippen molar-refractivity contribution in [2.45, 2.75) is 38.6 Å². The van der Waals surface area contributed by atoms with Gasteiger partial charge in [0.2, 0.25) is 0 Å². The van der Waals surface area contributed by atoms with E-state index < -0.39 is 0 Å². The van der Waals surface area contributed by atoms with Gasteiger partial charge in [-0.25, -0.2) is 15.8 Å². The molecule has 1 fully saturated rings. The summed E-state index contributed by atoms with van der Waals surface area (Å²) in [6, 6.07) is 5.77. The van der Waals surface area contributed by atoms with Crippen molar-refractivity contribution in [3.8, 4) is 0 Å². The first-order valence-corrected chi connectivity index (χ1v) is 6.84. The predicted molar refractivity (Wildman–Crippen MR) is 77.3 cm³/mol. The Morgan fingerprint density at radius 1 is 1.30 bits per heavy atom. The normalized spacial score (nSPS) is 15.9. The Hall–Kier alpha value is -2.08. The predicted octanol–water partition coefficient (Wildman–Crippen LogP) is 2.71. The molecular formula is C14H19N5O. The maximum absolute atomic E-state index is 5.62. The zero-order valence-corrected chi connectivity index (χ0v) is 11.7. The summed E-state index contributed by atoms with van der Waals surface area (Å²) in [6.45, 7) is 3.97. The van der Waals surface area contributed by atoms with Crippen molar-refractivity contribution in [1.82, 2.24) is 9.97 Å². The lowest BCUT2D eigenvalue weighted by Crippen LogP contribution is -2.13. The molecular weight excluding hydrogens is 254 g/mol. The summed E-state index contributed by atoms with van der Waals surface area (Å²) in [7, 11) is 0. The minimum Gasteiger partial charge on any atom is -0.464 e. The zero-order valence-electron chi connectivity index (χ0n) is 11.7. The molecule has 2 heterocycles. The van der Waals surface area contributed by atoms with Crippen LogP contribution in [0.5, 0.6) is 0 Å². The van der Waals surface area contributed by atoms with Crippen molar-refractivity contribution in [2.75, 3.05) is 10.7 Å². The minimum atomic E-state index is 0.0382. The highest BCUT2D eigenvalue weighted by atomic mass is 16.3. The summed E-state index contributed by atoms with van der Waals surface area (Å²) < 4.78 is 5.62. The Morgan fingerprint density at radius 2 is 2.05 bits per heavy atom. The fourth-order valence-electron chi connectivity index (χ4n) is 2.12. The average molecular weight is 273 g/mol. The van der Waals surface area contributed by atoms with Crippen LogP contribution in [0.4, 0.5) is 11.6 Å². The highest BCUT2D eigenvalue weighted by Crippen LogP contribution is 2.39. The minimum absolute atomic E-state index is 0.0382. The highest BCUT2D eigenvalue weighted by molar-refractivity contribution is 5.48. The van der Waals surface area contributed by atoms with Crippen LogP contribution in [0.3, 0.4) is 0 Å². The molecule has 6 heteroatoms. The number of hydrazine groups is 1. The van der Waals surface area contributed by atoms with Crippen molar-refractivity contribution < 1.29 is 4.42 Å². The highest BCUT2D eigenvalue weighted by Gasteiger charge is 2.27. The van der Waals surface area contributed by atoms with Crippen LogP contribution < -0.4 is 16.6 Å². The molecule has 0 amide bonds. The molecule has 3 rings (SSSR count). The van der Waals surface area contributed by atoms with Crippen LogP contribution in [-0.2, 0) is 0 Å². The fourth-order valence-corrected chi connectivity index (χ4v) is 2.12. The van der Waals surface area contributed by atoms with E-state index in [1.54, 1.807) is 6.07 Å². The van der Waals surface area contributed by atoms with Gasteiger partial charge in [-0.05, 0) is 38.8 Å². The first-order chi connectivity index (χ1) is 9.65. The van der Waals surface area contributed by atoms with Crippen LogP contribution in [0.2, 0.25) is 0 Å². The van der Waals surface area contributed by atoms with Crippen LogP contribution >= 0.6 is 0 Å². The Morgan fingerprint density at radius 3 is 2.65 bits per heavy atom. The molecule has 0 bridgehead atoms. The van der Waals surface area contributed by atoms with Crippen molar-refractivity contribution in [3.63, 3.8) is 0 Å². The van der Waals surface area contributed by atoms with Gasteiger partial charge < -0.3 is 15.2 Å². The average Bonchev–Trinajstić information content (AvgIpc) is 3.20. The number of nitrogens with zero attached hydrogens (tertiary/aromatic N) is 2. The van der Waals surface area contributed by atoms with Crippen molar-refractivity contribution >= 4 is 11.6 Å². The third-order valence-corrected chi connectivity index (χ3v) is 3.39. The molecule has 1 aliphatic carbocycles. The van der Waals surface area contributed by atoms with Gasteiger partial charge in [0.1, 0.15) is 29.0 Å². The van der Waals surface area contributed by atoms with Gasteiger partial charge in [0.15, 0.2) is 0 Å². The van der Waals surface area contributed by atoms with Crippen LogP contribution in [0.15, 0.2) is 22.6 Å². The van der Waals surface area contributed by atoms with Gasteiger partial charge in [-0.15, -0.1) is 0 Å². The molecule has 0 saturated heterocycles. The first-order valence-electron chi connectivity index (χ1n) is 6.84. The molecule has 106 valence electrons. The lowest BCUT2D eigenvalue weighted by atomic mass is 10.2. The monoisotopic (exact) mass is 273 g/mol. The lowest BCUT2D eigenvalue weighted by molar-refractivity contribution is 0.466. The number of nitrogens with two attached hydrogens (primary N) is 1. The van der Waals surface area contributed by atoms with E-state index in [2.05, 4.69) is 20.7 Å². The Balaban J connectivity index is 1.80. The van der Waals surface area contributed by atoms with E-state index in [1.807, 2.05) is 26.0 Å². The van der Waals surface area contributed by atoms with Gasteiger partial charge in [0.25, 0.3) is 0 Å². The van der Waals surface area contributed by atoms with Crippen molar-refractivity contribution in [2.24, 2.45) is 5.84 Å².